The summed E-state index contributed by atoms with van der Waals surface area (Å²) in [5, 5.41) is 10.9. The molecule has 1 fully saturated rings. The summed E-state index contributed by atoms with van der Waals surface area (Å²) in [5.74, 6) is 1.80. The molecule has 1 aromatic rings. The molecule has 0 aliphatic carbocycles. The van der Waals surface area contributed by atoms with Crippen LogP contribution in [0.15, 0.2) is 0 Å². The Bertz CT molecular complexity index is 585. The second-order valence-electron chi connectivity index (χ2n) is 6.29. The Kier molecular flexibility index (Phi) is 4.90. The molecule has 3 heterocycles. The Hall–Kier alpha value is -1.96. The highest BCUT2D eigenvalue weighted by molar-refractivity contribution is 5.93. The second kappa shape index (κ2) is 7.08. The lowest BCUT2D eigenvalue weighted by atomic mass is 10.2. The smallest absolute Gasteiger partial charge is 0.318 e. The van der Waals surface area contributed by atoms with Crippen LogP contribution in [0.5, 0.6) is 0 Å². The van der Waals surface area contributed by atoms with Gasteiger partial charge in [-0.25, -0.2) is 4.79 Å². The average Bonchev–Trinajstić information content (AvgIpc) is 3.05. The number of hydrogen-bond donors (Lipinski definition) is 2. The zero-order valence-electron chi connectivity index (χ0n) is 13.3. The summed E-state index contributed by atoms with van der Waals surface area (Å²) in [6, 6.07) is -0.577. The van der Waals surface area contributed by atoms with Crippen LogP contribution >= 0.6 is 0 Å². The fourth-order valence-electron chi connectivity index (χ4n) is 3.59. The molecule has 8 nitrogen and oxygen atoms in total. The van der Waals surface area contributed by atoms with Crippen LogP contribution in [0.3, 0.4) is 0 Å². The van der Waals surface area contributed by atoms with Gasteiger partial charge in [0, 0.05) is 25.9 Å². The van der Waals surface area contributed by atoms with E-state index in [0.717, 1.165) is 44.0 Å². The first-order valence-corrected chi connectivity index (χ1v) is 8.40. The standard InChI is InChI=1S/C15H24N6O2/c16-15(23)17-13(22)7-10-20-8-4-5-11(20)14-19-18-12-6-2-1-3-9-21(12)14/h11H,1-10H2,(H3,16,17,22,23)/t11-/m1/s1. The van der Waals surface area contributed by atoms with Crippen LogP contribution in [0.2, 0.25) is 0 Å². The lowest BCUT2D eigenvalue weighted by Crippen LogP contribution is -2.37. The monoisotopic (exact) mass is 320 g/mol. The van der Waals surface area contributed by atoms with Crippen molar-refractivity contribution in [2.75, 3.05) is 13.1 Å². The molecular formula is C15H24N6O2. The summed E-state index contributed by atoms with van der Waals surface area (Å²) < 4.78 is 2.28. The van der Waals surface area contributed by atoms with Crippen molar-refractivity contribution in [1.29, 1.82) is 0 Å². The summed E-state index contributed by atoms with van der Waals surface area (Å²) >= 11 is 0. The van der Waals surface area contributed by atoms with E-state index in [1.54, 1.807) is 0 Å². The molecule has 0 aromatic carbocycles. The number of primary amides is 1. The minimum absolute atomic E-state index is 0.218. The van der Waals surface area contributed by atoms with Crippen molar-refractivity contribution in [1.82, 2.24) is 25.0 Å². The number of aromatic nitrogens is 3. The molecule has 0 bridgehead atoms. The number of carbonyl (C=O) groups is 2. The number of nitrogens with two attached hydrogens (primary N) is 1. The number of fused-ring (bicyclic) bond motifs is 1. The SMILES string of the molecule is NC(=O)NC(=O)CCN1CCC[C@@H]1c1nnc2n1CCCCC2. The molecule has 23 heavy (non-hydrogen) atoms. The number of imide groups is 1. The van der Waals surface area contributed by atoms with E-state index in [4.69, 9.17) is 5.73 Å². The molecule has 0 radical (unpaired) electrons. The number of aryl methyl sites for hydroxylation is 1. The lowest BCUT2D eigenvalue weighted by Gasteiger charge is -2.24. The third-order valence-electron chi connectivity index (χ3n) is 4.69. The molecule has 1 atom stereocenters. The van der Waals surface area contributed by atoms with E-state index < -0.39 is 6.03 Å². The van der Waals surface area contributed by atoms with E-state index in [-0.39, 0.29) is 18.4 Å². The van der Waals surface area contributed by atoms with E-state index in [2.05, 4.69) is 25.0 Å². The first-order chi connectivity index (χ1) is 11.1. The molecule has 126 valence electrons. The number of nitrogens with one attached hydrogen (secondary N) is 1. The van der Waals surface area contributed by atoms with Gasteiger partial charge in [0.15, 0.2) is 0 Å². The molecule has 3 rings (SSSR count). The maximum Gasteiger partial charge on any atom is 0.318 e. The molecule has 1 saturated heterocycles. The van der Waals surface area contributed by atoms with Crippen LogP contribution in [0, 0.1) is 0 Å². The summed E-state index contributed by atoms with van der Waals surface area (Å²) in [6.07, 6.45) is 6.98. The fraction of sp³-hybridized carbons (Fsp3) is 0.733. The van der Waals surface area contributed by atoms with Gasteiger partial charge in [-0.3, -0.25) is 15.0 Å². The van der Waals surface area contributed by atoms with Gasteiger partial charge in [0.2, 0.25) is 5.91 Å². The molecule has 8 heteroatoms. The van der Waals surface area contributed by atoms with Crippen LogP contribution in [-0.2, 0) is 17.8 Å². The Labute approximate surface area is 135 Å². The van der Waals surface area contributed by atoms with E-state index in [1.165, 1.54) is 19.3 Å². The van der Waals surface area contributed by atoms with Gasteiger partial charge < -0.3 is 10.3 Å². The van der Waals surface area contributed by atoms with Crippen LogP contribution < -0.4 is 11.1 Å². The highest BCUT2D eigenvalue weighted by Gasteiger charge is 2.31. The number of urea groups is 1. The highest BCUT2D eigenvalue weighted by Crippen LogP contribution is 2.32. The van der Waals surface area contributed by atoms with Crippen molar-refractivity contribution in [2.24, 2.45) is 5.73 Å². The zero-order valence-corrected chi connectivity index (χ0v) is 13.3. The minimum Gasteiger partial charge on any atom is -0.351 e. The van der Waals surface area contributed by atoms with E-state index >= 15 is 0 Å². The van der Waals surface area contributed by atoms with Gasteiger partial charge in [-0.15, -0.1) is 10.2 Å². The van der Waals surface area contributed by atoms with Crippen molar-refractivity contribution in [3.8, 4) is 0 Å². The molecular weight excluding hydrogens is 296 g/mol. The highest BCUT2D eigenvalue weighted by atomic mass is 16.2. The summed E-state index contributed by atoms with van der Waals surface area (Å²) in [6.45, 7) is 2.53. The van der Waals surface area contributed by atoms with Gasteiger partial charge >= 0.3 is 6.03 Å². The van der Waals surface area contributed by atoms with E-state index in [9.17, 15) is 9.59 Å². The first kappa shape index (κ1) is 15.9. The van der Waals surface area contributed by atoms with Gasteiger partial charge in [-0.1, -0.05) is 6.42 Å². The maximum atomic E-state index is 11.6. The van der Waals surface area contributed by atoms with Crippen molar-refractivity contribution >= 4 is 11.9 Å². The topological polar surface area (TPSA) is 106 Å². The third-order valence-corrected chi connectivity index (χ3v) is 4.69. The van der Waals surface area contributed by atoms with Gasteiger partial charge in [-0.2, -0.15) is 0 Å². The number of likely N-dealkylation sites (tertiary alicyclic amines) is 1. The molecule has 3 N–H and O–H groups in total. The normalized spacial score (nSPS) is 21.7. The van der Waals surface area contributed by atoms with Gasteiger partial charge in [0.1, 0.15) is 11.6 Å². The number of amides is 3. The van der Waals surface area contributed by atoms with E-state index in [0.29, 0.717) is 6.54 Å². The molecule has 1 aromatic heterocycles. The van der Waals surface area contributed by atoms with Crippen LogP contribution in [0.4, 0.5) is 4.79 Å². The van der Waals surface area contributed by atoms with Crippen molar-refractivity contribution in [3.63, 3.8) is 0 Å². The number of rotatable bonds is 4. The van der Waals surface area contributed by atoms with Crippen molar-refractivity contribution in [3.05, 3.63) is 11.6 Å². The second-order valence-corrected chi connectivity index (χ2v) is 6.29. The Balaban J connectivity index is 1.66. The maximum absolute atomic E-state index is 11.6. The third kappa shape index (κ3) is 3.69. The molecule has 0 unspecified atom stereocenters. The van der Waals surface area contributed by atoms with Crippen LogP contribution in [0.25, 0.3) is 0 Å². The zero-order chi connectivity index (χ0) is 16.2. The number of carbonyl (C=O) groups excluding carboxylic acids is 2. The fourth-order valence-corrected chi connectivity index (χ4v) is 3.59. The summed E-state index contributed by atoms with van der Waals surface area (Å²) in [4.78, 5) is 24.6. The molecule has 3 amide bonds. The Morgan fingerprint density at radius 3 is 2.87 bits per heavy atom. The largest absolute Gasteiger partial charge is 0.351 e. The lowest BCUT2D eigenvalue weighted by molar-refractivity contribution is -0.120. The summed E-state index contributed by atoms with van der Waals surface area (Å²) in [5.41, 5.74) is 4.97. The summed E-state index contributed by atoms with van der Waals surface area (Å²) in [7, 11) is 0. The predicted octanol–water partition coefficient (Wildman–Crippen LogP) is 0.726. The molecule has 2 aliphatic rings. The number of hydrogen-bond acceptors (Lipinski definition) is 5. The average molecular weight is 320 g/mol. The molecule has 0 saturated carbocycles. The van der Waals surface area contributed by atoms with Gasteiger partial charge in [0.05, 0.1) is 6.04 Å². The van der Waals surface area contributed by atoms with Gasteiger partial charge in [0.25, 0.3) is 0 Å². The molecule has 2 aliphatic heterocycles. The minimum atomic E-state index is -0.796. The Morgan fingerprint density at radius 2 is 2.04 bits per heavy atom. The van der Waals surface area contributed by atoms with Crippen molar-refractivity contribution in [2.45, 2.75) is 57.5 Å². The van der Waals surface area contributed by atoms with Crippen LogP contribution in [-0.4, -0.2) is 44.7 Å². The predicted molar refractivity (Wildman–Crippen MR) is 83.5 cm³/mol. The van der Waals surface area contributed by atoms with Gasteiger partial charge in [-0.05, 0) is 32.2 Å². The number of nitrogens with zero attached hydrogens (tertiary/aromatic N) is 4. The van der Waals surface area contributed by atoms with Crippen LogP contribution in [0.1, 0.15) is 56.2 Å². The van der Waals surface area contributed by atoms with Crippen molar-refractivity contribution < 1.29 is 9.59 Å². The quantitative estimate of drug-likeness (QED) is 0.850. The Morgan fingerprint density at radius 1 is 1.17 bits per heavy atom. The van der Waals surface area contributed by atoms with E-state index in [1.807, 2.05) is 0 Å². The first-order valence-electron chi connectivity index (χ1n) is 8.40. The molecule has 0 spiro atoms.